The van der Waals surface area contributed by atoms with E-state index < -0.39 is 17.6 Å². The number of nitrogens with zero attached hydrogens (tertiary/aromatic N) is 1. The summed E-state index contributed by atoms with van der Waals surface area (Å²) < 4.78 is 22.7. The first-order valence-corrected chi connectivity index (χ1v) is 11.3. The molecule has 1 saturated heterocycles. The standard InChI is InChI=1S/C26H22FN3O4/c27-18-6-5-14-8-10-34-24(14)22(18)23-21(25(32)29-26(23)33)17-12-30(20-4-2-1-3-16(17)20)19-7-9-28-11-15(19)13-31/h1-6,8,10,12,15,19,28,31H,7,9,11,13H2,(H,29,32,33). The van der Waals surface area contributed by atoms with E-state index in [9.17, 15) is 14.7 Å². The van der Waals surface area contributed by atoms with E-state index in [0.717, 1.165) is 23.9 Å². The molecule has 2 amide bonds. The van der Waals surface area contributed by atoms with Gasteiger partial charge < -0.3 is 19.4 Å². The quantitative estimate of drug-likeness (QED) is 0.407. The molecular formula is C26H22FN3O4. The van der Waals surface area contributed by atoms with Crippen molar-refractivity contribution in [3.8, 4) is 0 Å². The predicted molar refractivity (Wildman–Crippen MR) is 125 cm³/mol. The molecule has 2 aromatic heterocycles. The fraction of sp³-hybridized carbons (Fsp3) is 0.231. The number of hydrogen-bond donors (Lipinski definition) is 3. The number of halogens is 1. The van der Waals surface area contributed by atoms with Crippen LogP contribution in [0.1, 0.15) is 23.6 Å². The molecule has 2 aromatic carbocycles. The minimum atomic E-state index is -0.658. The Morgan fingerprint density at radius 2 is 1.91 bits per heavy atom. The summed E-state index contributed by atoms with van der Waals surface area (Å²) in [5, 5.41) is 17.1. The van der Waals surface area contributed by atoms with Crippen LogP contribution in [0.25, 0.3) is 33.0 Å². The molecule has 7 nitrogen and oxygen atoms in total. The number of aromatic nitrogens is 1. The molecule has 4 aromatic rings. The second-order valence-corrected chi connectivity index (χ2v) is 8.76. The predicted octanol–water partition coefficient (Wildman–Crippen LogP) is 3.24. The van der Waals surface area contributed by atoms with Crippen LogP contribution in [0.3, 0.4) is 0 Å². The lowest BCUT2D eigenvalue weighted by atomic mass is 9.93. The number of carbonyl (C=O) groups excluding carboxylic acids is 2. The van der Waals surface area contributed by atoms with E-state index in [1.54, 1.807) is 12.1 Å². The monoisotopic (exact) mass is 459 g/mol. The molecule has 0 spiro atoms. The Hall–Kier alpha value is -3.75. The number of carbonyl (C=O) groups is 2. The first-order valence-electron chi connectivity index (χ1n) is 11.3. The fourth-order valence-electron chi connectivity index (χ4n) is 5.33. The normalized spacial score (nSPS) is 21.1. The van der Waals surface area contributed by atoms with Crippen molar-refractivity contribution >= 4 is 44.8 Å². The smallest absolute Gasteiger partial charge is 0.259 e. The summed E-state index contributed by atoms with van der Waals surface area (Å²) in [5.74, 6) is -1.87. The molecule has 34 heavy (non-hydrogen) atoms. The molecular weight excluding hydrogens is 437 g/mol. The Bertz CT molecular complexity index is 1500. The average molecular weight is 459 g/mol. The van der Waals surface area contributed by atoms with Crippen molar-refractivity contribution in [1.82, 2.24) is 15.2 Å². The molecule has 172 valence electrons. The summed E-state index contributed by atoms with van der Waals surface area (Å²) >= 11 is 0. The molecule has 3 N–H and O–H groups in total. The Morgan fingerprint density at radius 3 is 2.76 bits per heavy atom. The van der Waals surface area contributed by atoms with Gasteiger partial charge in [0.05, 0.1) is 23.0 Å². The van der Waals surface area contributed by atoms with Crippen molar-refractivity contribution in [1.29, 1.82) is 0 Å². The summed E-state index contributed by atoms with van der Waals surface area (Å²) in [4.78, 5) is 26.1. The van der Waals surface area contributed by atoms with Gasteiger partial charge in [0.1, 0.15) is 11.4 Å². The Labute approximate surface area is 193 Å². The highest BCUT2D eigenvalue weighted by Crippen LogP contribution is 2.41. The minimum absolute atomic E-state index is 0.000737. The molecule has 0 radical (unpaired) electrons. The average Bonchev–Trinajstić information content (AvgIpc) is 3.54. The number of benzene rings is 2. The molecule has 8 heteroatoms. The molecule has 2 aliphatic heterocycles. The van der Waals surface area contributed by atoms with Crippen molar-refractivity contribution in [3.05, 3.63) is 71.9 Å². The number of rotatable bonds is 4. The van der Waals surface area contributed by atoms with Gasteiger partial charge in [-0.1, -0.05) is 18.2 Å². The van der Waals surface area contributed by atoms with Crippen LogP contribution < -0.4 is 10.6 Å². The largest absolute Gasteiger partial charge is 0.464 e. The lowest BCUT2D eigenvalue weighted by Crippen LogP contribution is -2.39. The summed E-state index contributed by atoms with van der Waals surface area (Å²) in [6.45, 7) is 1.52. The van der Waals surface area contributed by atoms with Gasteiger partial charge in [-0.3, -0.25) is 14.9 Å². The number of hydrogen-bond acceptors (Lipinski definition) is 5. The minimum Gasteiger partial charge on any atom is -0.464 e. The zero-order chi connectivity index (χ0) is 23.4. The summed E-state index contributed by atoms with van der Waals surface area (Å²) in [5.41, 5.74) is 1.73. The van der Waals surface area contributed by atoms with Crippen LogP contribution in [0, 0.1) is 11.7 Å². The van der Waals surface area contributed by atoms with Crippen molar-refractivity contribution in [3.63, 3.8) is 0 Å². The van der Waals surface area contributed by atoms with Gasteiger partial charge >= 0.3 is 0 Å². The summed E-state index contributed by atoms with van der Waals surface area (Å²) in [7, 11) is 0. The van der Waals surface area contributed by atoms with Gasteiger partial charge in [-0.2, -0.15) is 0 Å². The first-order chi connectivity index (χ1) is 16.6. The highest BCUT2D eigenvalue weighted by molar-refractivity contribution is 6.50. The van der Waals surface area contributed by atoms with Crippen molar-refractivity contribution in [2.24, 2.45) is 5.92 Å². The van der Waals surface area contributed by atoms with E-state index in [2.05, 4.69) is 15.2 Å². The first kappa shape index (κ1) is 20.8. The zero-order valence-electron chi connectivity index (χ0n) is 18.2. The lowest BCUT2D eigenvalue weighted by molar-refractivity contribution is -0.122. The maximum absolute atomic E-state index is 15.1. The van der Waals surface area contributed by atoms with E-state index in [1.807, 2.05) is 30.5 Å². The number of aliphatic hydroxyl groups is 1. The maximum Gasteiger partial charge on any atom is 0.259 e. The van der Waals surface area contributed by atoms with Gasteiger partial charge in [0.25, 0.3) is 11.8 Å². The van der Waals surface area contributed by atoms with Crippen LogP contribution in [0.2, 0.25) is 0 Å². The maximum atomic E-state index is 15.1. The van der Waals surface area contributed by atoms with Gasteiger partial charge in [-0.15, -0.1) is 0 Å². The molecule has 6 rings (SSSR count). The Morgan fingerprint density at radius 1 is 1.09 bits per heavy atom. The van der Waals surface area contributed by atoms with Gasteiger partial charge in [0.2, 0.25) is 0 Å². The molecule has 0 bridgehead atoms. The van der Waals surface area contributed by atoms with E-state index in [-0.39, 0.29) is 40.9 Å². The van der Waals surface area contributed by atoms with Gasteiger partial charge in [0, 0.05) is 53.2 Å². The highest BCUT2D eigenvalue weighted by Gasteiger charge is 2.37. The number of amides is 2. The molecule has 2 atom stereocenters. The number of fused-ring (bicyclic) bond motifs is 2. The molecule has 2 unspecified atom stereocenters. The highest BCUT2D eigenvalue weighted by atomic mass is 19.1. The number of imide groups is 1. The molecule has 1 fully saturated rings. The van der Waals surface area contributed by atoms with Crippen molar-refractivity contribution < 1.29 is 23.5 Å². The summed E-state index contributed by atoms with van der Waals surface area (Å²) in [6.07, 6.45) is 4.10. The molecule has 0 aliphatic carbocycles. The number of aliphatic hydroxyl groups excluding tert-OH is 1. The molecule has 2 aliphatic rings. The van der Waals surface area contributed by atoms with E-state index in [1.165, 1.54) is 12.3 Å². The van der Waals surface area contributed by atoms with Gasteiger partial charge in [-0.05, 0) is 37.2 Å². The number of nitrogens with one attached hydrogen (secondary N) is 2. The third-order valence-corrected chi connectivity index (χ3v) is 6.92. The third kappa shape index (κ3) is 3.03. The van der Waals surface area contributed by atoms with Gasteiger partial charge in [0.15, 0.2) is 0 Å². The van der Waals surface area contributed by atoms with E-state index >= 15 is 4.39 Å². The Kier molecular flexibility index (Phi) is 4.86. The van der Waals surface area contributed by atoms with Crippen LogP contribution in [0.4, 0.5) is 4.39 Å². The van der Waals surface area contributed by atoms with E-state index in [4.69, 9.17) is 4.42 Å². The number of piperidine rings is 1. The topological polar surface area (TPSA) is 96.5 Å². The van der Waals surface area contributed by atoms with Crippen LogP contribution in [-0.4, -0.2) is 41.2 Å². The van der Waals surface area contributed by atoms with Crippen LogP contribution in [0.15, 0.2) is 59.3 Å². The molecule has 0 saturated carbocycles. The summed E-state index contributed by atoms with van der Waals surface area (Å²) in [6, 6.07) is 12.2. The lowest BCUT2D eigenvalue weighted by Gasteiger charge is -2.32. The Balaban J connectivity index is 1.64. The van der Waals surface area contributed by atoms with Crippen molar-refractivity contribution in [2.75, 3.05) is 19.7 Å². The third-order valence-electron chi connectivity index (χ3n) is 6.92. The van der Waals surface area contributed by atoms with Crippen LogP contribution in [0.5, 0.6) is 0 Å². The SMILES string of the molecule is O=C1NC(=O)C(c2c(F)ccc3ccoc23)=C1c1cn(C2CCNCC2CO)c2ccccc12. The van der Waals surface area contributed by atoms with Gasteiger partial charge in [-0.25, -0.2) is 4.39 Å². The van der Waals surface area contributed by atoms with Crippen LogP contribution in [-0.2, 0) is 9.59 Å². The van der Waals surface area contributed by atoms with Crippen LogP contribution >= 0.6 is 0 Å². The second kappa shape index (κ2) is 7.93. The number of para-hydroxylation sites is 1. The molecule has 4 heterocycles. The van der Waals surface area contributed by atoms with E-state index in [0.29, 0.717) is 17.5 Å². The van der Waals surface area contributed by atoms with Crippen molar-refractivity contribution in [2.45, 2.75) is 12.5 Å². The fourth-order valence-corrected chi connectivity index (χ4v) is 5.33. The number of furan rings is 1. The second-order valence-electron chi connectivity index (χ2n) is 8.76. The zero-order valence-corrected chi connectivity index (χ0v) is 18.2.